The summed E-state index contributed by atoms with van der Waals surface area (Å²) < 4.78 is 21.8. The second-order valence-corrected chi connectivity index (χ2v) is 15.6. The first-order chi connectivity index (χ1) is 22.1. The molecule has 2 aromatic carbocycles. The van der Waals surface area contributed by atoms with E-state index in [1.807, 2.05) is 56.3 Å². The van der Waals surface area contributed by atoms with E-state index in [1.165, 1.54) is 11.1 Å². The number of amides is 1. The molecule has 1 aliphatic heterocycles. The number of pyridine rings is 1. The van der Waals surface area contributed by atoms with Crippen LogP contribution in [0.1, 0.15) is 79.9 Å². The van der Waals surface area contributed by atoms with E-state index in [0.717, 1.165) is 60.5 Å². The molecule has 1 spiro atoms. The van der Waals surface area contributed by atoms with Gasteiger partial charge in [-0.1, -0.05) is 42.8 Å². The molecule has 3 aliphatic rings. The van der Waals surface area contributed by atoms with Crippen molar-refractivity contribution >= 4 is 34.2 Å². The third-order valence-electron chi connectivity index (χ3n) is 10.1. The number of benzene rings is 2. The normalized spacial score (nSPS) is 24.3. The molecule has 1 aromatic heterocycles. The molecule has 2 aliphatic carbocycles. The van der Waals surface area contributed by atoms with Gasteiger partial charge in [0.05, 0.1) is 12.3 Å². The second-order valence-electron chi connectivity index (χ2n) is 13.4. The van der Waals surface area contributed by atoms with Gasteiger partial charge in [-0.25, -0.2) is 4.21 Å². The molecule has 3 unspecified atom stereocenters. The number of carbonyl (C=O) groups is 1. The summed E-state index contributed by atoms with van der Waals surface area (Å²) in [6.45, 7) is 7.62. The van der Waals surface area contributed by atoms with Crippen molar-refractivity contribution in [1.29, 1.82) is 0 Å². The Morgan fingerprint density at radius 2 is 2.11 bits per heavy atom. The van der Waals surface area contributed by atoms with Gasteiger partial charge in [0.15, 0.2) is 0 Å². The van der Waals surface area contributed by atoms with Gasteiger partial charge in [-0.2, -0.15) is 0 Å². The van der Waals surface area contributed by atoms with Crippen LogP contribution >= 0.6 is 11.6 Å². The lowest BCUT2D eigenvalue weighted by atomic mass is 9.62. The quantitative estimate of drug-likeness (QED) is 0.243. The fourth-order valence-electron chi connectivity index (χ4n) is 7.50. The summed E-state index contributed by atoms with van der Waals surface area (Å²) in [5, 5.41) is 12.8. The molecule has 1 fully saturated rings. The van der Waals surface area contributed by atoms with Crippen molar-refractivity contribution in [1.82, 2.24) is 9.71 Å². The average Bonchev–Trinajstić information content (AvgIpc) is 3.19. The highest BCUT2D eigenvalue weighted by molar-refractivity contribution is 7.84. The molecule has 0 bridgehead atoms. The standard InChI is InChI=1S/C37H44ClN3O4S/c1-4-5-17-37(43,29-9-7-18-39-21-29)32-13-10-28(32)22-41-23-36(16-6-8-26-19-30(38)12-14-31(26)36)24-45-34-15-11-27(20-33(34)41)35(42)40-46(44)25(2)3/h5,7,9,11-12,14-15,17-21,25,28,32,43H,4,6,8,10,13,16,22-24H2,1-3H3,(H,40,42)/b17-5+/t28?,32?,36-,37-,46?/m0/s1. The predicted molar refractivity (Wildman–Crippen MR) is 185 cm³/mol. The Morgan fingerprint density at radius 1 is 1.26 bits per heavy atom. The number of aromatic nitrogens is 1. The number of hydrogen-bond acceptors (Lipinski definition) is 6. The highest BCUT2D eigenvalue weighted by Crippen LogP contribution is 2.50. The molecule has 7 nitrogen and oxygen atoms in total. The number of rotatable bonds is 9. The summed E-state index contributed by atoms with van der Waals surface area (Å²) in [4.78, 5) is 20.0. The van der Waals surface area contributed by atoms with E-state index in [0.29, 0.717) is 25.3 Å². The SMILES string of the molecule is CC/C=C/[C@](O)(c1cccnc1)C1CCC1CN1C[C@@]2(CCCc3cc(Cl)ccc32)COc2ccc(C(=O)NS(=O)C(C)C)cc21. The minimum absolute atomic E-state index is 0.000430. The van der Waals surface area contributed by atoms with Gasteiger partial charge in [-0.15, -0.1) is 0 Å². The first-order valence-corrected chi connectivity index (χ1v) is 18.1. The van der Waals surface area contributed by atoms with Gasteiger partial charge < -0.3 is 14.7 Å². The number of aryl methyl sites for hydroxylation is 1. The van der Waals surface area contributed by atoms with Gasteiger partial charge in [0.2, 0.25) is 0 Å². The summed E-state index contributed by atoms with van der Waals surface area (Å²) in [6.07, 6.45) is 13.2. The van der Waals surface area contributed by atoms with Crippen LogP contribution in [-0.4, -0.2) is 45.2 Å². The van der Waals surface area contributed by atoms with Gasteiger partial charge in [-0.3, -0.25) is 14.5 Å². The van der Waals surface area contributed by atoms with E-state index in [9.17, 15) is 14.1 Å². The molecular formula is C37H44ClN3O4S. The number of ether oxygens (including phenoxy) is 1. The summed E-state index contributed by atoms with van der Waals surface area (Å²) >= 11 is 6.45. The molecule has 1 saturated carbocycles. The Morgan fingerprint density at radius 3 is 2.83 bits per heavy atom. The maximum atomic E-state index is 13.2. The van der Waals surface area contributed by atoms with Crippen LogP contribution in [0.2, 0.25) is 5.02 Å². The van der Waals surface area contributed by atoms with Crippen molar-refractivity contribution in [3.8, 4) is 5.75 Å². The van der Waals surface area contributed by atoms with Crippen LogP contribution in [0.15, 0.2) is 73.1 Å². The summed E-state index contributed by atoms with van der Waals surface area (Å²) in [7, 11) is -1.48. The molecule has 1 amide bonds. The molecule has 244 valence electrons. The second kappa shape index (κ2) is 13.5. The van der Waals surface area contributed by atoms with Gasteiger partial charge in [0, 0.05) is 58.2 Å². The number of hydrogen-bond donors (Lipinski definition) is 2. The molecule has 3 aromatic rings. The Hall–Kier alpha value is -3.20. The Bertz CT molecular complexity index is 1630. The number of allylic oxidation sites excluding steroid dienone is 1. The summed E-state index contributed by atoms with van der Waals surface area (Å²) in [5.41, 5.74) is 3.24. The lowest BCUT2D eigenvalue weighted by Gasteiger charge is -2.49. The number of nitrogens with one attached hydrogen (secondary N) is 1. The van der Waals surface area contributed by atoms with Crippen molar-refractivity contribution < 1.29 is 18.8 Å². The number of carbonyl (C=O) groups excluding carboxylic acids is 1. The van der Waals surface area contributed by atoms with Crippen LogP contribution in [0.5, 0.6) is 5.75 Å². The van der Waals surface area contributed by atoms with E-state index in [-0.39, 0.29) is 28.4 Å². The monoisotopic (exact) mass is 661 g/mol. The Balaban J connectivity index is 1.38. The third-order valence-corrected chi connectivity index (χ3v) is 11.6. The van der Waals surface area contributed by atoms with Crippen molar-refractivity contribution in [2.75, 3.05) is 24.6 Å². The van der Waals surface area contributed by atoms with Crippen LogP contribution in [0.25, 0.3) is 0 Å². The number of fused-ring (bicyclic) bond motifs is 3. The maximum Gasteiger partial charge on any atom is 0.263 e. The lowest BCUT2D eigenvalue weighted by molar-refractivity contribution is -0.0502. The Labute approximate surface area is 280 Å². The van der Waals surface area contributed by atoms with Crippen LogP contribution < -0.4 is 14.4 Å². The summed E-state index contributed by atoms with van der Waals surface area (Å²) in [6, 6.07) is 15.6. The first kappa shape index (κ1) is 32.7. The number of halogens is 1. The van der Waals surface area contributed by atoms with Crippen LogP contribution in [0.3, 0.4) is 0 Å². The van der Waals surface area contributed by atoms with Crippen LogP contribution in [-0.2, 0) is 28.4 Å². The van der Waals surface area contributed by atoms with Crippen molar-refractivity contribution in [3.05, 3.63) is 100 Å². The fourth-order valence-corrected chi connectivity index (χ4v) is 8.24. The molecule has 9 heteroatoms. The molecular weight excluding hydrogens is 618 g/mol. The minimum atomic E-state index is -1.48. The third kappa shape index (κ3) is 6.36. The average molecular weight is 662 g/mol. The minimum Gasteiger partial charge on any atom is -0.490 e. The van der Waals surface area contributed by atoms with E-state index in [2.05, 4.69) is 33.7 Å². The first-order valence-electron chi connectivity index (χ1n) is 16.5. The molecule has 0 radical (unpaired) electrons. The lowest BCUT2D eigenvalue weighted by Crippen LogP contribution is -2.51. The zero-order valence-corrected chi connectivity index (χ0v) is 28.4. The van der Waals surface area contributed by atoms with Crippen LogP contribution in [0, 0.1) is 11.8 Å². The largest absolute Gasteiger partial charge is 0.490 e. The van der Waals surface area contributed by atoms with Gasteiger partial charge in [0.1, 0.15) is 22.3 Å². The highest BCUT2D eigenvalue weighted by Gasteiger charge is 2.48. The molecule has 2 heterocycles. The molecule has 6 rings (SSSR count). The summed E-state index contributed by atoms with van der Waals surface area (Å²) in [5.74, 6) is 0.543. The molecule has 5 atom stereocenters. The van der Waals surface area contributed by atoms with Gasteiger partial charge in [0.25, 0.3) is 5.91 Å². The molecule has 46 heavy (non-hydrogen) atoms. The number of nitrogens with zero attached hydrogens (tertiary/aromatic N) is 2. The van der Waals surface area contributed by atoms with Crippen LogP contribution in [0.4, 0.5) is 5.69 Å². The number of anilines is 1. The van der Waals surface area contributed by atoms with Crippen molar-refractivity contribution in [2.45, 2.75) is 75.6 Å². The predicted octanol–water partition coefficient (Wildman–Crippen LogP) is 6.89. The van der Waals surface area contributed by atoms with E-state index >= 15 is 0 Å². The van der Waals surface area contributed by atoms with Gasteiger partial charge in [-0.05, 0) is 106 Å². The van der Waals surface area contributed by atoms with Gasteiger partial charge >= 0.3 is 0 Å². The zero-order chi connectivity index (χ0) is 32.5. The van der Waals surface area contributed by atoms with E-state index < -0.39 is 16.6 Å². The highest BCUT2D eigenvalue weighted by atomic mass is 35.5. The molecule has 0 saturated heterocycles. The Kier molecular flexibility index (Phi) is 9.60. The maximum absolute atomic E-state index is 13.2. The fraction of sp³-hybridized carbons (Fsp3) is 0.459. The van der Waals surface area contributed by atoms with E-state index in [1.54, 1.807) is 18.5 Å². The topological polar surface area (TPSA) is 91.8 Å². The van der Waals surface area contributed by atoms with E-state index in [4.69, 9.17) is 16.3 Å². The zero-order valence-electron chi connectivity index (χ0n) is 26.9. The number of aliphatic hydroxyl groups is 1. The smallest absolute Gasteiger partial charge is 0.263 e. The molecule has 2 N–H and O–H groups in total. The van der Waals surface area contributed by atoms with Crippen molar-refractivity contribution in [3.63, 3.8) is 0 Å². The van der Waals surface area contributed by atoms with Crippen molar-refractivity contribution in [2.24, 2.45) is 11.8 Å².